The van der Waals surface area contributed by atoms with Crippen LogP contribution >= 0.6 is 11.6 Å². The van der Waals surface area contributed by atoms with Gasteiger partial charge in [-0.1, -0.05) is 89.6 Å². The molecule has 1 unspecified atom stereocenters. The van der Waals surface area contributed by atoms with E-state index >= 15 is 0 Å². The van der Waals surface area contributed by atoms with Crippen LogP contribution in [0.1, 0.15) is 130 Å². The number of hydroxylamine groups is 2. The number of imide groups is 1. The second-order valence-corrected chi connectivity index (χ2v) is 22.4. The van der Waals surface area contributed by atoms with Gasteiger partial charge in [0.1, 0.15) is 42.1 Å². The number of ether oxygens (including phenoxy) is 3. The highest BCUT2D eigenvalue weighted by molar-refractivity contribution is 6.32. The molecule has 2 fully saturated rings. The monoisotopic (exact) mass is 1090 g/mol. The zero-order valence-corrected chi connectivity index (χ0v) is 46.3. The Balaban J connectivity index is 1.19. The van der Waals surface area contributed by atoms with E-state index in [0.29, 0.717) is 21.4 Å². The lowest BCUT2D eigenvalue weighted by atomic mass is 9.86. The van der Waals surface area contributed by atoms with E-state index in [9.17, 15) is 47.9 Å². The van der Waals surface area contributed by atoms with Gasteiger partial charge in [-0.3, -0.25) is 38.4 Å². The normalized spacial score (nSPS) is 22.8. The van der Waals surface area contributed by atoms with Gasteiger partial charge in [-0.15, -0.1) is 5.06 Å². The van der Waals surface area contributed by atoms with Crippen molar-refractivity contribution in [3.05, 3.63) is 76.3 Å². The Labute approximate surface area is 454 Å². The minimum Gasteiger partial charge on any atom is -0.495 e. The fourth-order valence-corrected chi connectivity index (χ4v) is 8.88. The van der Waals surface area contributed by atoms with Crippen LogP contribution in [0.4, 0.5) is 0 Å². The van der Waals surface area contributed by atoms with E-state index in [1.54, 1.807) is 52.0 Å². The molecular formula is C55H74ClN7O14. The van der Waals surface area contributed by atoms with Crippen LogP contribution in [-0.2, 0) is 75.2 Å². The van der Waals surface area contributed by atoms with E-state index in [-0.39, 0.29) is 76.5 Å². The average Bonchev–Trinajstić information content (AvgIpc) is 4.12. The number of cyclic esters (lactones) is 1. The lowest BCUT2D eigenvalue weighted by molar-refractivity contribution is -0.197. The second kappa shape index (κ2) is 26.9. The number of methoxy groups -OCH3 is 1. The number of nitrogens with one attached hydrogen (secondary N) is 6. The minimum absolute atomic E-state index is 0.0371. The lowest BCUT2D eigenvalue weighted by Gasteiger charge is -2.32. The largest absolute Gasteiger partial charge is 0.495 e. The van der Waals surface area contributed by atoms with Gasteiger partial charge in [-0.05, 0) is 79.8 Å². The Kier molecular flexibility index (Phi) is 21.3. The quantitative estimate of drug-likeness (QED) is 0.0656. The number of epoxide rings is 1. The van der Waals surface area contributed by atoms with Gasteiger partial charge in [0.05, 0.1) is 23.7 Å². The molecule has 0 aliphatic carbocycles. The van der Waals surface area contributed by atoms with Gasteiger partial charge in [-0.2, -0.15) is 0 Å². The van der Waals surface area contributed by atoms with E-state index in [1.165, 1.54) is 20.1 Å². The Morgan fingerprint density at radius 1 is 0.870 bits per heavy atom. The molecule has 3 aliphatic rings. The van der Waals surface area contributed by atoms with Crippen LogP contribution < -0.4 is 36.6 Å². The summed E-state index contributed by atoms with van der Waals surface area (Å²) in [6.07, 6.45) is 1.27. The standard InChI is InChI=1S/C55H74ClN7O14/c1-30(2)46(62-42(65)15-12-16-45(68)77-63-43(66)23-24-44(63)67)51(71)59-32(4)49(69)57-28-33-17-20-35(21-18-33)48-47(76-48)31(3)39-13-11-14-41(64)60-37(26-34-19-22-40(74-10)36(56)25-34)50(70)58-29-55(8,9)53(73)61-38(52(72)75-39)27-54(5,6)7/h11,14,17-22,25,30-32,37-39,46-48H,12-13,15-16,23-24,26-29H2,1-10H3,(H,57,69)(H,58,70)(H,59,71)(H,60,64)(H,61,73)(H,62,65)/b14-11+/t31-,32?,37+,38-,39-,46-,47+,48+/m0/s1. The molecule has 0 saturated carbocycles. The molecule has 420 valence electrons. The fraction of sp³-hybridized carbons (Fsp3) is 0.564. The molecule has 0 bridgehead atoms. The lowest BCUT2D eigenvalue weighted by Crippen LogP contribution is -2.54. The van der Waals surface area contributed by atoms with Crippen LogP contribution in [-0.4, -0.2) is 114 Å². The van der Waals surface area contributed by atoms with Crippen molar-refractivity contribution in [3.63, 3.8) is 0 Å². The van der Waals surface area contributed by atoms with Crippen LogP contribution in [0, 0.1) is 22.7 Å². The third-order valence-electron chi connectivity index (χ3n) is 13.3. The highest BCUT2D eigenvalue weighted by Crippen LogP contribution is 2.45. The average molecular weight is 1090 g/mol. The van der Waals surface area contributed by atoms with Gasteiger partial charge in [0, 0.05) is 57.5 Å². The molecule has 21 nitrogen and oxygen atoms in total. The van der Waals surface area contributed by atoms with Crippen LogP contribution in [0.5, 0.6) is 5.75 Å². The summed E-state index contributed by atoms with van der Waals surface area (Å²) >= 11 is 6.38. The van der Waals surface area contributed by atoms with Crippen molar-refractivity contribution in [3.8, 4) is 5.75 Å². The number of halogens is 1. The summed E-state index contributed by atoms with van der Waals surface area (Å²) in [7, 11) is 1.49. The van der Waals surface area contributed by atoms with Crippen LogP contribution in [0.25, 0.3) is 0 Å². The molecule has 0 spiro atoms. The van der Waals surface area contributed by atoms with E-state index < -0.39 is 112 Å². The number of nitrogens with zero attached hydrogens (tertiary/aromatic N) is 1. The van der Waals surface area contributed by atoms with E-state index in [0.717, 1.165) is 11.1 Å². The zero-order chi connectivity index (χ0) is 56.9. The molecule has 3 heterocycles. The van der Waals surface area contributed by atoms with Gasteiger partial charge in [-0.25, -0.2) is 9.59 Å². The van der Waals surface area contributed by atoms with Crippen LogP contribution in [0.2, 0.25) is 5.02 Å². The predicted octanol–water partition coefficient (Wildman–Crippen LogP) is 4.13. The Bertz CT molecular complexity index is 2550. The van der Waals surface area contributed by atoms with E-state index in [2.05, 4.69) is 31.9 Å². The number of hydrogen-bond acceptors (Lipinski definition) is 14. The van der Waals surface area contributed by atoms with E-state index in [1.807, 2.05) is 52.0 Å². The van der Waals surface area contributed by atoms with Crippen molar-refractivity contribution in [2.24, 2.45) is 22.7 Å². The summed E-state index contributed by atoms with van der Waals surface area (Å²) in [6, 6.07) is 8.37. The van der Waals surface area contributed by atoms with Crippen molar-refractivity contribution >= 4 is 70.8 Å². The van der Waals surface area contributed by atoms with Crippen LogP contribution in [0.15, 0.2) is 54.6 Å². The summed E-state index contributed by atoms with van der Waals surface area (Å²) in [5.41, 5.74) is 0.635. The number of rotatable bonds is 19. The zero-order valence-electron chi connectivity index (χ0n) is 45.5. The number of amides is 8. The van der Waals surface area contributed by atoms with Gasteiger partial charge < -0.3 is 50.9 Å². The van der Waals surface area contributed by atoms with E-state index in [4.69, 9.17) is 30.6 Å². The summed E-state index contributed by atoms with van der Waals surface area (Å²) in [5, 5.41) is 17.4. The molecule has 5 rings (SSSR count). The number of hydrogen-bond donors (Lipinski definition) is 6. The van der Waals surface area contributed by atoms with Gasteiger partial charge in [0.15, 0.2) is 0 Å². The van der Waals surface area contributed by atoms with Gasteiger partial charge >= 0.3 is 11.9 Å². The maximum Gasteiger partial charge on any atom is 0.333 e. The molecule has 22 heteroatoms. The van der Waals surface area contributed by atoms with Gasteiger partial charge in [0.25, 0.3) is 11.8 Å². The molecule has 0 aromatic heterocycles. The molecule has 6 N–H and O–H groups in total. The van der Waals surface area contributed by atoms with Crippen molar-refractivity contribution < 1.29 is 67.0 Å². The summed E-state index contributed by atoms with van der Waals surface area (Å²) in [5.74, 6) is -6.18. The maximum atomic E-state index is 14.1. The number of esters is 1. The SMILES string of the molecule is COc1ccc(C[C@H]2NC(=O)/C=C/C[C@@H]([C@H](C)[C@H]3O[C@@H]3c3ccc(CNC(=O)C(C)NC(=O)[C@@H](NC(=O)CCCC(=O)ON4C(=O)CCC4=O)C(C)C)cc3)OC(=O)[C@H](CC(C)(C)C)NC(=O)C(C)(C)CNC2=O)cc1Cl. The summed E-state index contributed by atoms with van der Waals surface area (Å²) in [6.45, 7) is 16.0. The molecule has 8 amide bonds. The molecule has 2 saturated heterocycles. The smallest absolute Gasteiger partial charge is 0.333 e. The first kappa shape index (κ1) is 61.0. The highest BCUT2D eigenvalue weighted by atomic mass is 35.5. The second-order valence-electron chi connectivity index (χ2n) is 22.0. The summed E-state index contributed by atoms with van der Waals surface area (Å²) < 4.78 is 17.7. The van der Waals surface area contributed by atoms with Crippen molar-refractivity contribution in [2.75, 3.05) is 13.7 Å². The topological polar surface area (TPSA) is 286 Å². The number of carbonyl (C=O) groups excluding carboxylic acids is 10. The van der Waals surface area contributed by atoms with Crippen molar-refractivity contribution in [1.82, 2.24) is 37.0 Å². The van der Waals surface area contributed by atoms with Crippen molar-refractivity contribution in [1.29, 1.82) is 0 Å². The molecular weight excluding hydrogens is 1020 g/mol. The third kappa shape index (κ3) is 18.1. The molecule has 2 aromatic rings. The molecule has 77 heavy (non-hydrogen) atoms. The molecule has 2 aromatic carbocycles. The van der Waals surface area contributed by atoms with Gasteiger partial charge in [0.2, 0.25) is 35.4 Å². The molecule has 3 aliphatic heterocycles. The Hall–Kier alpha value is -6.87. The Morgan fingerprint density at radius 3 is 2.16 bits per heavy atom. The summed E-state index contributed by atoms with van der Waals surface area (Å²) in [4.78, 5) is 135. The first-order valence-corrected chi connectivity index (χ1v) is 26.3. The minimum atomic E-state index is -1.18. The number of benzene rings is 2. The number of carbonyl (C=O) groups is 10. The fourth-order valence-electron chi connectivity index (χ4n) is 8.60. The third-order valence-corrected chi connectivity index (χ3v) is 13.6. The maximum absolute atomic E-state index is 14.1. The van der Waals surface area contributed by atoms with Crippen molar-refractivity contribution in [2.45, 2.75) is 163 Å². The first-order chi connectivity index (χ1) is 36.2. The predicted molar refractivity (Wildman–Crippen MR) is 281 cm³/mol. The first-order valence-electron chi connectivity index (χ1n) is 25.9. The van der Waals surface area contributed by atoms with Crippen LogP contribution in [0.3, 0.4) is 0 Å². The molecule has 0 radical (unpaired) electrons. The highest BCUT2D eigenvalue weighted by Gasteiger charge is 2.48. The Morgan fingerprint density at radius 2 is 1.53 bits per heavy atom. The molecule has 8 atom stereocenters.